The van der Waals surface area contributed by atoms with Crippen molar-refractivity contribution in [2.24, 2.45) is 17.3 Å². The Morgan fingerprint density at radius 1 is 0.694 bits per heavy atom. The lowest BCUT2D eigenvalue weighted by Crippen LogP contribution is -2.51. The third kappa shape index (κ3) is 27.4. The molecule has 0 aromatic heterocycles. The Hall–Kier alpha value is -2.01. The maximum absolute atomic E-state index is 13.3. The Morgan fingerprint density at radius 2 is 1.14 bits per heavy atom. The van der Waals surface area contributed by atoms with E-state index < -0.39 is 21.3 Å². The van der Waals surface area contributed by atoms with Gasteiger partial charge in [-0.25, -0.2) is 0 Å². The molecule has 0 radical (unpaired) electrons. The Kier molecular flexibility index (Phi) is 24.0. The van der Waals surface area contributed by atoms with Crippen LogP contribution in [0.15, 0.2) is 0 Å². The van der Waals surface area contributed by atoms with Crippen molar-refractivity contribution in [1.82, 2.24) is 16.0 Å². The highest BCUT2D eigenvalue weighted by Gasteiger charge is 2.34. The molecule has 14 nitrogen and oxygen atoms in total. The van der Waals surface area contributed by atoms with Gasteiger partial charge >= 0.3 is 0 Å². The molecule has 0 aliphatic rings. The predicted molar refractivity (Wildman–Crippen MR) is 188 cm³/mol. The molecule has 4 N–H and O–H groups in total. The SMILES string of the molecule is CC(C)[C@H](NC(C)(C)C)C(=O)C[C@@H](CCCCNC(=O)CCOCCOCCOCCOCCC(=O)NCCS(=O)(=O)O)C(=O)C(C)(C)C. The summed E-state index contributed by atoms with van der Waals surface area (Å²) in [6.45, 7) is 18.6. The number of hydrogen-bond donors (Lipinski definition) is 4. The summed E-state index contributed by atoms with van der Waals surface area (Å²) in [5.41, 5.74) is -0.753. The number of amides is 2. The quantitative estimate of drug-likeness (QED) is 0.0652. The summed E-state index contributed by atoms with van der Waals surface area (Å²) in [6, 6.07) is -0.312. The largest absolute Gasteiger partial charge is 0.379 e. The van der Waals surface area contributed by atoms with E-state index in [0.29, 0.717) is 52.4 Å². The van der Waals surface area contributed by atoms with Crippen LogP contribution in [0.5, 0.6) is 0 Å². The Bertz CT molecular complexity index is 1070. The molecule has 15 heteroatoms. The van der Waals surface area contributed by atoms with Crippen molar-refractivity contribution in [3.8, 4) is 0 Å². The van der Waals surface area contributed by atoms with Gasteiger partial charge in [0.05, 0.1) is 64.6 Å². The minimum absolute atomic E-state index is 0.0669. The molecule has 2 amide bonds. The fourth-order valence-corrected chi connectivity index (χ4v) is 5.08. The zero-order valence-electron chi connectivity index (χ0n) is 31.2. The van der Waals surface area contributed by atoms with E-state index in [1.807, 2.05) is 55.4 Å². The number of carbonyl (C=O) groups excluding carboxylic acids is 4. The van der Waals surface area contributed by atoms with Gasteiger partial charge in [0.2, 0.25) is 11.8 Å². The molecule has 0 fully saturated rings. The lowest BCUT2D eigenvalue weighted by Gasteiger charge is -2.32. The summed E-state index contributed by atoms with van der Waals surface area (Å²) in [6.07, 6.45) is 2.56. The summed E-state index contributed by atoms with van der Waals surface area (Å²) >= 11 is 0. The molecule has 2 atom stereocenters. The molecule has 0 unspecified atom stereocenters. The molecular weight excluding hydrogens is 658 g/mol. The Balaban J connectivity index is 4.00. The van der Waals surface area contributed by atoms with E-state index in [0.717, 1.165) is 6.42 Å². The lowest BCUT2D eigenvalue weighted by molar-refractivity contribution is -0.134. The van der Waals surface area contributed by atoms with Crippen LogP contribution in [-0.2, 0) is 48.2 Å². The number of unbranched alkanes of at least 4 members (excludes halogenated alkanes) is 1. The van der Waals surface area contributed by atoms with Crippen molar-refractivity contribution in [2.75, 3.05) is 71.7 Å². The average molecular weight is 724 g/mol. The number of nitrogens with one attached hydrogen (secondary N) is 3. The maximum atomic E-state index is 13.3. The van der Waals surface area contributed by atoms with Gasteiger partial charge in [0.25, 0.3) is 10.1 Å². The first-order valence-corrected chi connectivity index (χ1v) is 19.0. The van der Waals surface area contributed by atoms with Crippen LogP contribution >= 0.6 is 0 Å². The van der Waals surface area contributed by atoms with Crippen LogP contribution < -0.4 is 16.0 Å². The topological polar surface area (TPSA) is 196 Å². The van der Waals surface area contributed by atoms with Gasteiger partial charge in [-0.3, -0.25) is 23.7 Å². The predicted octanol–water partition coefficient (Wildman–Crippen LogP) is 2.73. The molecule has 49 heavy (non-hydrogen) atoms. The zero-order chi connectivity index (χ0) is 37.5. The van der Waals surface area contributed by atoms with Gasteiger partial charge in [-0.05, 0) is 39.5 Å². The fraction of sp³-hybridized carbons (Fsp3) is 0.882. The van der Waals surface area contributed by atoms with Crippen LogP contribution in [0, 0.1) is 17.3 Å². The number of ether oxygens (including phenoxy) is 4. The van der Waals surface area contributed by atoms with Gasteiger partial charge in [0, 0.05) is 49.2 Å². The summed E-state index contributed by atoms with van der Waals surface area (Å²) < 4.78 is 51.3. The Labute approximate surface area is 294 Å². The van der Waals surface area contributed by atoms with Gasteiger partial charge in [-0.1, -0.05) is 41.0 Å². The van der Waals surface area contributed by atoms with Crippen LogP contribution in [0.1, 0.15) is 93.9 Å². The van der Waals surface area contributed by atoms with E-state index in [4.69, 9.17) is 23.5 Å². The fourth-order valence-electron chi connectivity index (χ4n) is 4.72. The summed E-state index contributed by atoms with van der Waals surface area (Å²) in [5.74, 6) is -1.09. The number of carbonyl (C=O) groups is 4. The van der Waals surface area contributed by atoms with E-state index >= 15 is 0 Å². The zero-order valence-corrected chi connectivity index (χ0v) is 32.0. The summed E-state index contributed by atoms with van der Waals surface area (Å²) in [7, 11) is -4.10. The summed E-state index contributed by atoms with van der Waals surface area (Å²) in [5, 5.41) is 8.68. The van der Waals surface area contributed by atoms with Gasteiger partial charge in [-0.2, -0.15) is 8.42 Å². The standard InChI is InChI=1S/C34H65N3O11S/c1-26(2)31(37-34(6,7)8)28(38)25-27(32(41)33(3,4)5)11-9-10-14-35-29(39)12-16-45-18-20-47-22-23-48-21-19-46-17-13-30(40)36-15-24-49(42,43)44/h26-27,31,37H,9-25H2,1-8H3,(H,35,39)(H,36,40)(H,42,43,44)/t27-,31+/m1/s1. The van der Waals surface area contributed by atoms with Gasteiger partial charge in [0.1, 0.15) is 5.78 Å². The van der Waals surface area contributed by atoms with Crippen molar-refractivity contribution < 1.29 is 51.1 Å². The smallest absolute Gasteiger partial charge is 0.266 e. The molecule has 0 rings (SSSR count). The van der Waals surface area contributed by atoms with Crippen LogP contribution in [-0.4, -0.2) is 120 Å². The van der Waals surface area contributed by atoms with Crippen molar-refractivity contribution >= 4 is 33.5 Å². The van der Waals surface area contributed by atoms with Crippen molar-refractivity contribution in [3.63, 3.8) is 0 Å². The van der Waals surface area contributed by atoms with Crippen LogP contribution in [0.3, 0.4) is 0 Å². The number of rotatable bonds is 29. The molecular formula is C34H65N3O11S. The molecule has 0 aromatic rings. The van der Waals surface area contributed by atoms with E-state index in [2.05, 4.69) is 16.0 Å². The molecule has 0 saturated heterocycles. The summed E-state index contributed by atoms with van der Waals surface area (Å²) in [4.78, 5) is 50.2. The molecule has 0 aliphatic carbocycles. The molecule has 0 saturated carbocycles. The normalized spacial score (nSPS) is 13.7. The second-order valence-corrected chi connectivity index (χ2v) is 16.1. The maximum Gasteiger partial charge on any atom is 0.266 e. The highest BCUT2D eigenvalue weighted by atomic mass is 32.2. The average Bonchev–Trinajstić information content (AvgIpc) is 2.97. The monoisotopic (exact) mass is 723 g/mol. The second kappa shape index (κ2) is 25.0. The van der Waals surface area contributed by atoms with E-state index in [1.54, 1.807) is 0 Å². The second-order valence-electron chi connectivity index (χ2n) is 14.5. The first kappa shape index (κ1) is 47.0. The van der Waals surface area contributed by atoms with E-state index in [9.17, 15) is 27.6 Å². The first-order chi connectivity index (χ1) is 22.7. The molecule has 0 aliphatic heterocycles. The molecule has 0 spiro atoms. The minimum Gasteiger partial charge on any atom is -0.379 e. The van der Waals surface area contributed by atoms with Crippen molar-refractivity contribution in [1.29, 1.82) is 0 Å². The highest BCUT2D eigenvalue weighted by molar-refractivity contribution is 7.85. The molecule has 0 heterocycles. The van der Waals surface area contributed by atoms with Gasteiger partial charge in [0.15, 0.2) is 5.78 Å². The van der Waals surface area contributed by atoms with Crippen LogP contribution in [0.4, 0.5) is 0 Å². The minimum atomic E-state index is -4.10. The first-order valence-electron chi connectivity index (χ1n) is 17.4. The van der Waals surface area contributed by atoms with Crippen molar-refractivity contribution in [2.45, 2.75) is 105 Å². The van der Waals surface area contributed by atoms with Crippen LogP contribution in [0.25, 0.3) is 0 Å². The number of ketones is 2. The van der Waals surface area contributed by atoms with Crippen molar-refractivity contribution in [3.05, 3.63) is 0 Å². The Morgan fingerprint density at radius 3 is 1.55 bits per heavy atom. The highest BCUT2D eigenvalue weighted by Crippen LogP contribution is 2.27. The van der Waals surface area contributed by atoms with E-state index in [-0.39, 0.29) is 92.4 Å². The third-order valence-corrected chi connectivity index (χ3v) is 7.93. The van der Waals surface area contributed by atoms with Crippen LogP contribution in [0.2, 0.25) is 0 Å². The van der Waals surface area contributed by atoms with Gasteiger partial charge < -0.3 is 34.9 Å². The van der Waals surface area contributed by atoms with Gasteiger partial charge in [-0.15, -0.1) is 0 Å². The lowest BCUT2D eigenvalue weighted by atomic mass is 9.77. The third-order valence-electron chi connectivity index (χ3n) is 7.21. The molecule has 0 bridgehead atoms. The van der Waals surface area contributed by atoms with E-state index in [1.165, 1.54) is 0 Å². The number of hydrogen-bond acceptors (Lipinski definition) is 11. The number of Topliss-reactive ketones (excluding diaryl/α,β-unsaturated/α-hetero) is 2. The molecule has 0 aromatic carbocycles. The molecule has 288 valence electrons.